The van der Waals surface area contributed by atoms with Crippen molar-refractivity contribution in [3.05, 3.63) is 29.8 Å². The maximum absolute atomic E-state index is 13.6. The van der Waals surface area contributed by atoms with Crippen molar-refractivity contribution in [3.8, 4) is 0 Å². The zero-order valence-electron chi connectivity index (χ0n) is 10.8. The second-order valence-electron chi connectivity index (χ2n) is 4.34. The van der Waals surface area contributed by atoms with E-state index in [2.05, 4.69) is 0 Å². The Bertz CT molecular complexity index is 512. The van der Waals surface area contributed by atoms with Crippen LogP contribution in [-0.4, -0.2) is 37.0 Å². The van der Waals surface area contributed by atoms with Gasteiger partial charge in [-0.05, 0) is 32.4 Å². The second kappa shape index (κ2) is 6.40. The highest BCUT2D eigenvalue weighted by atomic mass is 32.2. The van der Waals surface area contributed by atoms with Crippen LogP contribution in [0.4, 0.5) is 8.78 Å². The third-order valence-electron chi connectivity index (χ3n) is 2.60. The zero-order valence-corrected chi connectivity index (χ0v) is 11.6. The SMILES string of the molecule is CC(C)N(CCCO)S(=O)(=O)c1c(F)cccc1F. The molecule has 19 heavy (non-hydrogen) atoms. The molecule has 108 valence electrons. The molecule has 0 saturated carbocycles. The summed E-state index contributed by atoms with van der Waals surface area (Å²) in [5.41, 5.74) is 0. The molecule has 0 aliphatic heterocycles. The minimum absolute atomic E-state index is 0.00424. The highest BCUT2D eigenvalue weighted by molar-refractivity contribution is 7.89. The van der Waals surface area contributed by atoms with Crippen molar-refractivity contribution in [1.82, 2.24) is 4.31 Å². The highest BCUT2D eigenvalue weighted by Gasteiger charge is 2.31. The molecule has 0 saturated heterocycles. The molecule has 0 radical (unpaired) electrons. The Labute approximate surface area is 111 Å². The fourth-order valence-corrected chi connectivity index (χ4v) is 3.52. The van der Waals surface area contributed by atoms with Gasteiger partial charge in [-0.2, -0.15) is 4.31 Å². The van der Waals surface area contributed by atoms with Gasteiger partial charge in [-0.1, -0.05) is 6.07 Å². The molecule has 0 bridgehead atoms. The van der Waals surface area contributed by atoms with E-state index in [1.54, 1.807) is 13.8 Å². The van der Waals surface area contributed by atoms with Gasteiger partial charge >= 0.3 is 0 Å². The summed E-state index contributed by atoms with van der Waals surface area (Å²) in [6, 6.07) is 2.45. The van der Waals surface area contributed by atoms with E-state index in [1.165, 1.54) is 0 Å². The van der Waals surface area contributed by atoms with Crippen LogP contribution in [-0.2, 0) is 10.0 Å². The summed E-state index contributed by atoms with van der Waals surface area (Å²) in [4.78, 5) is -0.943. The minimum atomic E-state index is -4.26. The summed E-state index contributed by atoms with van der Waals surface area (Å²) in [6.45, 7) is 3.02. The first-order valence-electron chi connectivity index (χ1n) is 5.89. The van der Waals surface area contributed by atoms with Gasteiger partial charge in [0.15, 0.2) is 4.90 Å². The molecule has 0 aliphatic rings. The quantitative estimate of drug-likeness (QED) is 0.869. The lowest BCUT2D eigenvalue weighted by Gasteiger charge is -2.26. The lowest BCUT2D eigenvalue weighted by atomic mass is 10.3. The molecule has 1 aromatic carbocycles. The third-order valence-corrected chi connectivity index (χ3v) is 4.73. The molecule has 0 amide bonds. The second-order valence-corrected chi connectivity index (χ2v) is 6.16. The third kappa shape index (κ3) is 3.49. The van der Waals surface area contributed by atoms with Crippen molar-refractivity contribution in [2.24, 2.45) is 0 Å². The van der Waals surface area contributed by atoms with E-state index in [-0.39, 0.29) is 19.6 Å². The molecule has 0 atom stereocenters. The summed E-state index contributed by atoms with van der Waals surface area (Å²) >= 11 is 0. The number of aliphatic hydroxyl groups is 1. The van der Waals surface area contributed by atoms with Crippen LogP contribution in [0.15, 0.2) is 23.1 Å². The Balaban J connectivity index is 3.27. The molecular weight excluding hydrogens is 276 g/mol. The van der Waals surface area contributed by atoms with Crippen molar-refractivity contribution in [1.29, 1.82) is 0 Å². The van der Waals surface area contributed by atoms with Gasteiger partial charge < -0.3 is 5.11 Å². The van der Waals surface area contributed by atoms with E-state index >= 15 is 0 Å². The number of hydrogen-bond acceptors (Lipinski definition) is 3. The van der Waals surface area contributed by atoms with Crippen molar-refractivity contribution in [2.75, 3.05) is 13.2 Å². The number of nitrogens with zero attached hydrogens (tertiary/aromatic N) is 1. The standard InChI is InChI=1S/C12H17F2NO3S/c1-9(2)15(7-4-8-16)19(17,18)12-10(13)5-3-6-11(12)14/h3,5-6,9,16H,4,7-8H2,1-2H3. The number of benzene rings is 1. The smallest absolute Gasteiger partial charge is 0.249 e. The van der Waals surface area contributed by atoms with E-state index < -0.39 is 32.6 Å². The van der Waals surface area contributed by atoms with Gasteiger partial charge in [0, 0.05) is 19.2 Å². The Morgan fingerprint density at radius 2 is 1.79 bits per heavy atom. The molecule has 7 heteroatoms. The molecule has 0 aliphatic carbocycles. The van der Waals surface area contributed by atoms with Crippen LogP contribution >= 0.6 is 0 Å². The predicted octanol–water partition coefficient (Wildman–Crippen LogP) is 1.75. The average molecular weight is 293 g/mol. The van der Waals surface area contributed by atoms with Gasteiger partial charge in [-0.15, -0.1) is 0 Å². The maximum Gasteiger partial charge on any atom is 0.249 e. The van der Waals surface area contributed by atoms with Gasteiger partial charge in [0.25, 0.3) is 0 Å². The van der Waals surface area contributed by atoms with Crippen molar-refractivity contribution in [3.63, 3.8) is 0 Å². The van der Waals surface area contributed by atoms with Crippen molar-refractivity contribution < 1.29 is 22.3 Å². The molecule has 0 heterocycles. The summed E-state index contributed by atoms with van der Waals surface area (Å²) in [7, 11) is -4.26. The van der Waals surface area contributed by atoms with Gasteiger partial charge in [0.05, 0.1) is 0 Å². The number of hydrogen-bond donors (Lipinski definition) is 1. The zero-order chi connectivity index (χ0) is 14.6. The lowest BCUT2D eigenvalue weighted by molar-refractivity contribution is 0.258. The molecule has 0 fully saturated rings. The first-order chi connectivity index (χ1) is 8.82. The molecule has 0 spiro atoms. The fourth-order valence-electron chi connectivity index (χ4n) is 1.73. The highest BCUT2D eigenvalue weighted by Crippen LogP contribution is 2.24. The van der Waals surface area contributed by atoms with E-state index in [0.717, 1.165) is 22.5 Å². The molecule has 0 aromatic heterocycles. The van der Waals surface area contributed by atoms with E-state index in [1.807, 2.05) is 0 Å². The monoisotopic (exact) mass is 293 g/mol. The Hall–Kier alpha value is -1.05. The molecular formula is C12H17F2NO3S. The lowest BCUT2D eigenvalue weighted by Crippen LogP contribution is -2.38. The largest absolute Gasteiger partial charge is 0.396 e. The molecule has 0 unspecified atom stereocenters. The predicted molar refractivity (Wildman–Crippen MR) is 67.1 cm³/mol. The Morgan fingerprint density at radius 1 is 1.26 bits per heavy atom. The number of sulfonamides is 1. The Kier molecular flexibility index (Phi) is 5.39. The summed E-state index contributed by atoms with van der Waals surface area (Å²) in [5, 5.41) is 8.77. The Morgan fingerprint density at radius 3 is 2.21 bits per heavy atom. The van der Waals surface area contributed by atoms with E-state index in [0.29, 0.717) is 0 Å². The first kappa shape index (κ1) is 16.0. The van der Waals surface area contributed by atoms with Crippen LogP contribution in [0.1, 0.15) is 20.3 Å². The fraction of sp³-hybridized carbons (Fsp3) is 0.500. The normalized spacial score (nSPS) is 12.4. The summed E-state index contributed by atoms with van der Waals surface area (Å²) in [6.07, 6.45) is 0.202. The maximum atomic E-state index is 13.6. The summed E-state index contributed by atoms with van der Waals surface area (Å²) < 4.78 is 52.7. The van der Waals surface area contributed by atoms with Crippen LogP contribution in [0.3, 0.4) is 0 Å². The van der Waals surface area contributed by atoms with E-state index in [9.17, 15) is 17.2 Å². The molecule has 1 rings (SSSR count). The first-order valence-corrected chi connectivity index (χ1v) is 7.33. The van der Waals surface area contributed by atoms with Crippen molar-refractivity contribution >= 4 is 10.0 Å². The van der Waals surface area contributed by atoms with Crippen LogP contribution in [0, 0.1) is 11.6 Å². The summed E-state index contributed by atoms with van der Waals surface area (Å²) in [5.74, 6) is -2.23. The van der Waals surface area contributed by atoms with Gasteiger partial charge in [0.1, 0.15) is 11.6 Å². The van der Waals surface area contributed by atoms with E-state index in [4.69, 9.17) is 5.11 Å². The molecule has 4 nitrogen and oxygen atoms in total. The van der Waals surface area contributed by atoms with Crippen molar-refractivity contribution in [2.45, 2.75) is 31.2 Å². The van der Waals surface area contributed by atoms with Gasteiger partial charge in [-0.25, -0.2) is 17.2 Å². The van der Waals surface area contributed by atoms with Crippen LogP contribution < -0.4 is 0 Å². The van der Waals surface area contributed by atoms with Gasteiger partial charge in [-0.3, -0.25) is 0 Å². The van der Waals surface area contributed by atoms with Crippen LogP contribution in [0.2, 0.25) is 0 Å². The average Bonchev–Trinajstić information content (AvgIpc) is 2.27. The topological polar surface area (TPSA) is 57.6 Å². The minimum Gasteiger partial charge on any atom is -0.396 e. The number of aliphatic hydroxyl groups excluding tert-OH is 1. The number of rotatable bonds is 6. The van der Waals surface area contributed by atoms with Crippen LogP contribution in [0.5, 0.6) is 0 Å². The molecule has 1 N–H and O–H groups in total. The molecule has 1 aromatic rings. The van der Waals surface area contributed by atoms with Gasteiger partial charge in [0.2, 0.25) is 10.0 Å². The number of halogens is 2. The van der Waals surface area contributed by atoms with Crippen LogP contribution in [0.25, 0.3) is 0 Å².